The normalized spacial score (nSPS) is 15.4. The Labute approximate surface area is 271 Å². The first-order valence-corrected chi connectivity index (χ1v) is 15.6. The standard InChI is InChI=1S/C36H34N4O7/c1-42-28-10-8-21(34(43-2)36(28)44-3)20-39-12-14-40(15-13-39)26-19-25(37-22-9-11-27-29(18-22)46-17-16-45-27)30-31-32(26)38-47-35(31)24-7-5-4-6-23(24)33(30)41/h4-11,18-19,37H,12-17,20H2,1-3H3. The van der Waals surface area contributed by atoms with E-state index in [0.29, 0.717) is 76.6 Å². The van der Waals surface area contributed by atoms with Gasteiger partial charge in [-0.1, -0.05) is 35.5 Å². The quantitative estimate of drug-likeness (QED) is 0.216. The van der Waals surface area contributed by atoms with E-state index in [2.05, 4.69) is 20.3 Å². The van der Waals surface area contributed by atoms with Crippen LogP contribution in [0.5, 0.6) is 28.7 Å². The average molecular weight is 635 g/mol. The number of nitrogens with one attached hydrogen (secondary N) is 1. The Morgan fingerprint density at radius 2 is 1.60 bits per heavy atom. The van der Waals surface area contributed by atoms with Crippen LogP contribution >= 0.6 is 0 Å². The number of fused-ring (bicyclic) bond motifs is 3. The molecule has 0 amide bonds. The van der Waals surface area contributed by atoms with E-state index in [4.69, 9.17) is 28.2 Å². The van der Waals surface area contributed by atoms with Gasteiger partial charge in [0.05, 0.1) is 43.7 Å². The summed E-state index contributed by atoms with van der Waals surface area (Å²) in [5.74, 6) is 3.81. The molecule has 0 spiro atoms. The molecule has 3 heterocycles. The van der Waals surface area contributed by atoms with Crippen molar-refractivity contribution in [3.63, 3.8) is 0 Å². The number of hydrogen-bond acceptors (Lipinski definition) is 11. The number of anilines is 3. The molecule has 11 nitrogen and oxygen atoms in total. The van der Waals surface area contributed by atoms with Crippen molar-refractivity contribution in [2.75, 3.05) is 70.9 Å². The number of ether oxygens (including phenoxy) is 5. The molecule has 0 unspecified atom stereocenters. The first kappa shape index (κ1) is 29.0. The van der Waals surface area contributed by atoms with Crippen molar-refractivity contribution < 1.29 is 33.0 Å². The third-order valence-electron chi connectivity index (χ3n) is 9.09. The van der Waals surface area contributed by atoms with Gasteiger partial charge in [0.1, 0.15) is 18.7 Å². The van der Waals surface area contributed by atoms with Gasteiger partial charge in [-0.15, -0.1) is 0 Å². The minimum Gasteiger partial charge on any atom is -0.493 e. The van der Waals surface area contributed by atoms with E-state index in [1.54, 1.807) is 21.3 Å². The largest absolute Gasteiger partial charge is 0.493 e. The molecule has 5 aromatic rings. The van der Waals surface area contributed by atoms with Crippen LogP contribution in [0.4, 0.5) is 17.1 Å². The van der Waals surface area contributed by atoms with Gasteiger partial charge in [0.25, 0.3) is 0 Å². The lowest BCUT2D eigenvalue weighted by atomic mass is 9.86. The Bertz CT molecular complexity index is 2010. The molecule has 0 saturated carbocycles. The van der Waals surface area contributed by atoms with Crippen molar-refractivity contribution in [1.29, 1.82) is 0 Å². The zero-order valence-electron chi connectivity index (χ0n) is 26.4. The summed E-state index contributed by atoms with van der Waals surface area (Å²) in [4.78, 5) is 18.8. The Morgan fingerprint density at radius 1 is 0.830 bits per heavy atom. The van der Waals surface area contributed by atoms with Gasteiger partial charge >= 0.3 is 0 Å². The molecule has 2 aliphatic heterocycles. The van der Waals surface area contributed by atoms with Gasteiger partial charge in [0.15, 0.2) is 34.5 Å². The molecule has 8 rings (SSSR count). The molecular formula is C36H34N4O7. The summed E-state index contributed by atoms with van der Waals surface area (Å²) in [6.45, 7) is 4.81. The summed E-state index contributed by atoms with van der Waals surface area (Å²) in [7, 11) is 4.88. The Morgan fingerprint density at radius 3 is 2.36 bits per heavy atom. The van der Waals surface area contributed by atoms with Crippen molar-refractivity contribution in [3.05, 3.63) is 77.4 Å². The highest BCUT2D eigenvalue weighted by atomic mass is 16.6. The number of carbonyl (C=O) groups is 1. The molecule has 1 aromatic heterocycles. The molecule has 1 saturated heterocycles. The highest BCUT2D eigenvalue weighted by Crippen LogP contribution is 2.47. The van der Waals surface area contributed by atoms with Gasteiger partial charge in [-0.2, -0.15) is 0 Å². The lowest BCUT2D eigenvalue weighted by Crippen LogP contribution is -2.46. The van der Waals surface area contributed by atoms with Crippen molar-refractivity contribution in [2.45, 2.75) is 6.54 Å². The molecule has 3 aliphatic rings. The van der Waals surface area contributed by atoms with Crippen LogP contribution in [0.15, 0.2) is 65.2 Å². The zero-order chi connectivity index (χ0) is 32.1. The number of ketones is 1. The van der Waals surface area contributed by atoms with Crippen LogP contribution < -0.4 is 33.9 Å². The van der Waals surface area contributed by atoms with Crippen LogP contribution in [0.1, 0.15) is 21.5 Å². The lowest BCUT2D eigenvalue weighted by molar-refractivity contribution is 0.104. The molecular weight excluding hydrogens is 600 g/mol. The van der Waals surface area contributed by atoms with E-state index >= 15 is 0 Å². The fourth-order valence-electron chi connectivity index (χ4n) is 6.83. The fraction of sp³-hybridized carbons (Fsp3) is 0.278. The van der Waals surface area contributed by atoms with E-state index < -0.39 is 0 Å². The number of benzene rings is 4. The molecule has 1 aliphatic carbocycles. The molecule has 1 N–H and O–H groups in total. The third-order valence-corrected chi connectivity index (χ3v) is 9.09. The predicted octanol–water partition coefficient (Wildman–Crippen LogP) is 5.90. The number of aromatic nitrogens is 1. The summed E-state index contributed by atoms with van der Waals surface area (Å²) in [5, 5.41) is 8.82. The molecule has 47 heavy (non-hydrogen) atoms. The predicted molar refractivity (Wildman–Crippen MR) is 177 cm³/mol. The maximum atomic E-state index is 14.1. The average Bonchev–Trinajstić information content (AvgIpc) is 3.56. The second kappa shape index (κ2) is 11.7. The molecule has 0 radical (unpaired) electrons. The van der Waals surface area contributed by atoms with Crippen molar-refractivity contribution in [1.82, 2.24) is 10.1 Å². The molecule has 11 heteroatoms. The highest BCUT2D eigenvalue weighted by molar-refractivity contribution is 6.28. The summed E-state index contributed by atoms with van der Waals surface area (Å²) >= 11 is 0. The molecule has 1 fully saturated rings. The summed E-state index contributed by atoms with van der Waals surface area (Å²) in [6.07, 6.45) is 0. The first-order chi connectivity index (χ1) is 23.1. The summed E-state index contributed by atoms with van der Waals surface area (Å²) in [5.41, 5.74) is 5.98. The number of hydrogen-bond donors (Lipinski definition) is 1. The van der Waals surface area contributed by atoms with E-state index in [0.717, 1.165) is 54.1 Å². The lowest BCUT2D eigenvalue weighted by Gasteiger charge is -2.36. The number of rotatable bonds is 8. The van der Waals surface area contributed by atoms with Crippen LogP contribution in [0.3, 0.4) is 0 Å². The minimum atomic E-state index is -0.0680. The Hall–Kier alpha value is -5.42. The molecule has 0 bridgehead atoms. The van der Waals surface area contributed by atoms with Crippen LogP contribution in [0.25, 0.3) is 22.2 Å². The zero-order valence-corrected chi connectivity index (χ0v) is 26.4. The second-order valence-corrected chi connectivity index (χ2v) is 11.7. The maximum Gasteiger partial charge on any atom is 0.203 e. The summed E-state index contributed by atoms with van der Waals surface area (Å²) < 4.78 is 34.4. The Balaban J connectivity index is 1.13. The molecule has 4 aromatic carbocycles. The van der Waals surface area contributed by atoms with Crippen LogP contribution in [0.2, 0.25) is 0 Å². The smallest absolute Gasteiger partial charge is 0.203 e. The van der Waals surface area contributed by atoms with Crippen LogP contribution in [0, 0.1) is 0 Å². The summed E-state index contributed by atoms with van der Waals surface area (Å²) in [6, 6.07) is 19.2. The van der Waals surface area contributed by atoms with Gasteiger partial charge in [-0.25, -0.2) is 0 Å². The van der Waals surface area contributed by atoms with Gasteiger partial charge in [-0.3, -0.25) is 9.69 Å². The van der Waals surface area contributed by atoms with Gasteiger partial charge in [0, 0.05) is 61.2 Å². The van der Waals surface area contributed by atoms with E-state index in [1.807, 2.05) is 60.7 Å². The SMILES string of the molecule is COc1ccc(CN2CCN(c3cc(Nc4ccc5c(c4)OCCO5)c4c5c(onc35)-c3ccccc3C4=O)CC2)c(OC)c1OC. The topological polar surface area (TPSA) is 108 Å². The number of carbonyl (C=O) groups excluding carboxylic acids is 1. The van der Waals surface area contributed by atoms with Gasteiger partial charge in [0.2, 0.25) is 5.75 Å². The van der Waals surface area contributed by atoms with Gasteiger partial charge in [-0.05, 0) is 24.3 Å². The van der Waals surface area contributed by atoms with Gasteiger partial charge < -0.3 is 38.4 Å². The van der Waals surface area contributed by atoms with E-state index in [9.17, 15) is 4.79 Å². The number of piperazine rings is 1. The third kappa shape index (κ3) is 4.85. The first-order valence-electron chi connectivity index (χ1n) is 15.6. The van der Waals surface area contributed by atoms with Crippen molar-refractivity contribution in [3.8, 4) is 40.1 Å². The minimum absolute atomic E-state index is 0.0680. The van der Waals surface area contributed by atoms with Crippen LogP contribution in [-0.2, 0) is 6.54 Å². The number of methoxy groups -OCH3 is 3. The highest BCUT2D eigenvalue weighted by Gasteiger charge is 2.34. The van der Waals surface area contributed by atoms with Crippen molar-refractivity contribution in [2.24, 2.45) is 0 Å². The molecule has 0 atom stereocenters. The maximum absolute atomic E-state index is 14.1. The van der Waals surface area contributed by atoms with Crippen molar-refractivity contribution >= 4 is 33.7 Å². The fourth-order valence-corrected chi connectivity index (χ4v) is 6.83. The van der Waals surface area contributed by atoms with E-state index in [-0.39, 0.29) is 5.78 Å². The monoisotopic (exact) mass is 634 g/mol. The molecule has 240 valence electrons. The van der Waals surface area contributed by atoms with E-state index in [1.165, 1.54) is 0 Å². The van der Waals surface area contributed by atoms with Crippen LogP contribution in [-0.4, -0.2) is 76.6 Å². The number of nitrogens with zero attached hydrogens (tertiary/aromatic N) is 3. The second-order valence-electron chi connectivity index (χ2n) is 11.7. The Kier molecular flexibility index (Phi) is 7.25.